The minimum Gasteiger partial charge on any atom is -0.497 e. The van der Waals surface area contributed by atoms with E-state index in [1.54, 1.807) is 31.2 Å². The van der Waals surface area contributed by atoms with E-state index in [0.717, 1.165) is 11.8 Å². The van der Waals surface area contributed by atoms with Crippen molar-refractivity contribution in [1.29, 1.82) is 0 Å². The number of carbonyl (C=O) groups excluding carboxylic acids is 2. The highest BCUT2D eigenvalue weighted by Gasteiger charge is 2.40. The molecule has 1 N–H and O–H groups in total. The standard InChI is InChI=1S/C19H26N2O3/c1-21(19(23)10-15-9-13-6-7-14(15)8-13)12-18(22)20-16-4-3-5-17(11-16)24-2/h3-5,11,13-15H,6-10,12H2,1-2H3,(H,20,22)/t13-,14+,15-/m0/s1. The number of nitrogens with zero attached hydrogens (tertiary/aromatic N) is 1. The van der Waals surface area contributed by atoms with Crippen LogP contribution in [-0.4, -0.2) is 37.4 Å². The molecule has 2 aliphatic rings. The number of hydrogen-bond acceptors (Lipinski definition) is 3. The second kappa shape index (κ2) is 7.24. The van der Waals surface area contributed by atoms with Gasteiger partial charge in [0.1, 0.15) is 5.75 Å². The monoisotopic (exact) mass is 330 g/mol. The lowest BCUT2D eigenvalue weighted by molar-refractivity contribution is -0.134. The van der Waals surface area contributed by atoms with Crippen LogP contribution in [0, 0.1) is 17.8 Å². The summed E-state index contributed by atoms with van der Waals surface area (Å²) in [5, 5.41) is 2.81. The average molecular weight is 330 g/mol. The third kappa shape index (κ3) is 3.89. The third-order valence-corrected chi connectivity index (χ3v) is 5.48. The zero-order chi connectivity index (χ0) is 17.1. The first kappa shape index (κ1) is 16.8. The van der Waals surface area contributed by atoms with E-state index in [9.17, 15) is 9.59 Å². The van der Waals surface area contributed by atoms with Crippen molar-refractivity contribution in [2.75, 3.05) is 26.0 Å². The molecule has 0 radical (unpaired) electrons. The van der Waals surface area contributed by atoms with Crippen LogP contribution in [0.2, 0.25) is 0 Å². The molecule has 0 unspecified atom stereocenters. The Kier molecular flexibility index (Phi) is 5.07. The van der Waals surface area contributed by atoms with Crippen molar-refractivity contribution in [1.82, 2.24) is 4.90 Å². The molecule has 5 heteroatoms. The summed E-state index contributed by atoms with van der Waals surface area (Å²) in [4.78, 5) is 26.1. The lowest BCUT2D eigenvalue weighted by Crippen LogP contribution is -2.36. The minimum absolute atomic E-state index is 0.0772. The van der Waals surface area contributed by atoms with Crippen LogP contribution in [-0.2, 0) is 9.59 Å². The molecule has 0 aliphatic heterocycles. The molecule has 3 atom stereocenters. The highest BCUT2D eigenvalue weighted by Crippen LogP contribution is 2.49. The van der Waals surface area contributed by atoms with Crippen LogP contribution in [0.1, 0.15) is 32.1 Å². The predicted octanol–water partition coefficient (Wildman–Crippen LogP) is 2.92. The number of hydrogen-bond donors (Lipinski definition) is 1. The van der Waals surface area contributed by atoms with Crippen molar-refractivity contribution in [2.24, 2.45) is 17.8 Å². The smallest absolute Gasteiger partial charge is 0.243 e. The summed E-state index contributed by atoms with van der Waals surface area (Å²) in [5.74, 6) is 2.68. The van der Waals surface area contributed by atoms with Gasteiger partial charge in [0, 0.05) is 25.2 Å². The van der Waals surface area contributed by atoms with Crippen LogP contribution in [0.4, 0.5) is 5.69 Å². The molecule has 24 heavy (non-hydrogen) atoms. The Labute approximate surface area is 143 Å². The molecule has 0 heterocycles. The summed E-state index contributed by atoms with van der Waals surface area (Å²) in [6.45, 7) is 0.0802. The van der Waals surface area contributed by atoms with Crippen LogP contribution in [0.15, 0.2) is 24.3 Å². The Morgan fingerprint density at radius 1 is 1.29 bits per heavy atom. The Balaban J connectivity index is 1.47. The Morgan fingerprint density at radius 3 is 2.79 bits per heavy atom. The predicted molar refractivity (Wildman–Crippen MR) is 92.8 cm³/mol. The van der Waals surface area contributed by atoms with Crippen molar-refractivity contribution >= 4 is 17.5 Å². The summed E-state index contributed by atoms with van der Waals surface area (Å²) >= 11 is 0. The van der Waals surface area contributed by atoms with Gasteiger partial charge in [0.25, 0.3) is 0 Å². The van der Waals surface area contributed by atoms with Crippen molar-refractivity contribution in [2.45, 2.75) is 32.1 Å². The number of methoxy groups -OCH3 is 1. The summed E-state index contributed by atoms with van der Waals surface area (Å²) in [6.07, 6.45) is 5.71. The van der Waals surface area contributed by atoms with E-state index in [0.29, 0.717) is 23.8 Å². The van der Waals surface area contributed by atoms with E-state index in [1.807, 2.05) is 12.1 Å². The maximum Gasteiger partial charge on any atom is 0.243 e. The first-order chi connectivity index (χ1) is 11.5. The fourth-order valence-electron chi connectivity index (χ4n) is 4.21. The zero-order valence-corrected chi connectivity index (χ0v) is 14.5. The van der Waals surface area contributed by atoms with Crippen LogP contribution >= 0.6 is 0 Å². The number of amides is 2. The fraction of sp³-hybridized carbons (Fsp3) is 0.579. The number of anilines is 1. The van der Waals surface area contributed by atoms with Gasteiger partial charge in [-0.15, -0.1) is 0 Å². The van der Waals surface area contributed by atoms with E-state index in [4.69, 9.17) is 4.74 Å². The van der Waals surface area contributed by atoms with Gasteiger partial charge in [-0.05, 0) is 49.1 Å². The van der Waals surface area contributed by atoms with Gasteiger partial charge in [-0.25, -0.2) is 0 Å². The van der Waals surface area contributed by atoms with Crippen molar-refractivity contribution < 1.29 is 14.3 Å². The van der Waals surface area contributed by atoms with E-state index in [1.165, 1.54) is 25.7 Å². The van der Waals surface area contributed by atoms with Crippen LogP contribution in [0.3, 0.4) is 0 Å². The molecular formula is C19H26N2O3. The minimum atomic E-state index is -0.188. The van der Waals surface area contributed by atoms with Crippen LogP contribution < -0.4 is 10.1 Å². The molecule has 1 aromatic carbocycles. The van der Waals surface area contributed by atoms with Gasteiger partial charge in [-0.2, -0.15) is 0 Å². The molecular weight excluding hydrogens is 304 g/mol. The lowest BCUT2D eigenvalue weighted by Gasteiger charge is -2.24. The quantitative estimate of drug-likeness (QED) is 0.872. The van der Waals surface area contributed by atoms with Gasteiger partial charge < -0.3 is 15.0 Å². The largest absolute Gasteiger partial charge is 0.497 e. The van der Waals surface area contributed by atoms with Gasteiger partial charge in [0.05, 0.1) is 13.7 Å². The first-order valence-electron chi connectivity index (χ1n) is 8.73. The molecule has 5 nitrogen and oxygen atoms in total. The van der Waals surface area contributed by atoms with Crippen LogP contribution in [0.5, 0.6) is 5.75 Å². The molecule has 2 fully saturated rings. The lowest BCUT2D eigenvalue weighted by atomic mass is 9.86. The number of nitrogens with one attached hydrogen (secondary N) is 1. The van der Waals surface area contributed by atoms with E-state index >= 15 is 0 Å². The molecule has 2 saturated carbocycles. The molecule has 2 amide bonds. The Morgan fingerprint density at radius 2 is 2.12 bits per heavy atom. The van der Waals surface area contributed by atoms with Gasteiger partial charge in [0.15, 0.2) is 0 Å². The van der Waals surface area contributed by atoms with E-state index in [2.05, 4.69) is 5.32 Å². The van der Waals surface area contributed by atoms with Gasteiger partial charge in [0.2, 0.25) is 11.8 Å². The van der Waals surface area contributed by atoms with Gasteiger partial charge >= 0.3 is 0 Å². The highest BCUT2D eigenvalue weighted by molar-refractivity contribution is 5.94. The zero-order valence-electron chi connectivity index (χ0n) is 14.5. The fourth-order valence-corrected chi connectivity index (χ4v) is 4.21. The number of fused-ring (bicyclic) bond motifs is 2. The summed E-state index contributed by atoms with van der Waals surface area (Å²) in [5.41, 5.74) is 0.674. The van der Waals surface area contributed by atoms with Gasteiger partial charge in [-0.3, -0.25) is 9.59 Å². The number of rotatable bonds is 6. The van der Waals surface area contributed by atoms with Crippen molar-refractivity contribution in [3.63, 3.8) is 0 Å². The highest BCUT2D eigenvalue weighted by atomic mass is 16.5. The second-order valence-electron chi connectivity index (χ2n) is 7.17. The normalized spacial score (nSPS) is 24.7. The number of benzene rings is 1. The maximum absolute atomic E-state index is 12.4. The topological polar surface area (TPSA) is 58.6 Å². The SMILES string of the molecule is COc1cccc(NC(=O)CN(C)C(=O)C[C@@H]2C[C@H]3CC[C@@H]2C3)c1. The van der Waals surface area contributed by atoms with Crippen molar-refractivity contribution in [3.05, 3.63) is 24.3 Å². The molecule has 2 aliphatic carbocycles. The Hall–Kier alpha value is -2.04. The molecule has 1 aromatic rings. The third-order valence-electron chi connectivity index (χ3n) is 5.48. The Bertz CT molecular complexity index is 616. The van der Waals surface area contributed by atoms with Crippen molar-refractivity contribution in [3.8, 4) is 5.75 Å². The molecule has 3 rings (SSSR count). The molecule has 0 saturated heterocycles. The molecule has 0 aromatic heterocycles. The number of likely N-dealkylation sites (N-methyl/N-ethyl adjacent to an activating group) is 1. The number of carbonyl (C=O) groups is 2. The summed E-state index contributed by atoms with van der Waals surface area (Å²) in [7, 11) is 3.30. The molecule has 2 bridgehead atoms. The van der Waals surface area contributed by atoms with E-state index < -0.39 is 0 Å². The second-order valence-corrected chi connectivity index (χ2v) is 7.17. The average Bonchev–Trinajstić information content (AvgIpc) is 3.17. The van der Waals surface area contributed by atoms with E-state index in [-0.39, 0.29) is 18.4 Å². The first-order valence-corrected chi connectivity index (χ1v) is 8.73. The summed E-state index contributed by atoms with van der Waals surface area (Å²) in [6, 6.07) is 7.20. The van der Waals surface area contributed by atoms with Gasteiger partial charge in [-0.1, -0.05) is 12.5 Å². The maximum atomic E-state index is 12.4. The number of ether oxygens (including phenoxy) is 1. The summed E-state index contributed by atoms with van der Waals surface area (Å²) < 4.78 is 5.14. The molecule has 0 spiro atoms. The molecule has 130 valence electrons. The van der Waals surface area contributed by atoms with Crippen LogP contribution in [0.25, 0.3) is 0 Å².